The predicted octanol–water partition coefficient (Wildman–Crippen LogP) is 1.39. The molecule has 3 heteroatoms. The topological polar surface area (TPSA) is 32.3 Å². The van der Waals surface area contributed by atoms with Crippen LogP contribution in [0.3, 0.4) is 0 Å². The highest BCUT2D eigenvalue weighted by molar-refractivity contribution is 5.75. The second kappa shape index (κ2) is 4.78. The number of hydrogen-bond acceptors (Lipinski definition) is 2. The maximum atomic E-state index is 11.3. The molecule has 1 fully saturated rings. The van der Waals surface area contributed by atoms with Gasteiger partial charge in [0.15, 0.2) is 0 Å². The molecule has 0 radical (unpaired) electrons. The lowest BCUT2D eigenvalue weighted by Crippen LogP contribution is -2.51. The van der Waals surface area contributed by atoms with E-state index in [1.807, 2.05) is 0 Å². The fraction of sp³-hybridized carbons (Fsp3) is 0.909. The standard InChI is InChI=1S/C11H22N2O/c1-4-11(7-5-8-11)12-9-6-10(14)13(2)3/h12H,4-9H2,1-3H3. The molecule has 0 saturated heterocycles. The van der Waals surface area contributed by atoms with Gasteiger partial charge in [0.25, 0.3) is 0 Å². The van der Waals surface area contributed by atoms with Crippen LogP contribution in [-0.4, -0.2) is 37.0 Å². The number of nitrogens with one attached hydrogen (secondary N) is 1. The summed E-state index contributed by atoms with van der Waals surface area (Å²) in [5.41, 5.74) is 0.368. The second-order valence-electron chi connectivity index (χ2n) is 4.45. The molecule has 3 nitrogen and oxygen atoms in total. The third-order valence-electron chi connectivity index (χ3n) is 3.33. The van der Waals surface area contributed by atoms with E-state index in [0.717, 1.165) is 6.54 Å². The Kier molecular flexibility index (Phi) is 3.93. The summed E-state index contributed by atoms with van der Waals surface area (Å²) < 4.78 is 0. The molecule has 0 aromatic heterocycles. The van der Waals surface area contributed by atoms with Gasteiger partial charge in [-0.05, 0) is 25.7 Å². The summed E-state index contributed by atoms with van der Waals surface area (Å²) in [6, 6.07) is 0. The van der Waals surface area contributed by atoms with Crippen molar-refractivity contribution in [3.8, 4) is 0 Å². The highest BCUT2D eigenvalue weighted by atomic mass is 16.2. The van der Waals surface area contributed by atoms with E-state index < -0.39 is 0 Å². The van der Waals surface area contributed by atoms with Crippen LogP contribution in [0.15, 0.2) is 0 Å². The molecule has 82 valence electrons. The Morgan fingerprint density at radius 1 is 1.43 bits per heavy atom. The van der Waals surface area contributed by atoms with Crippen molar-refractivity contribution >= 4 is 5.91 Å². The van der Waals surface area contributed by atoms with Crippen molar-refractivity contribution in [2.45, 2.75) is 44.6 Å². The van der Waals surface area contributed by atoms with E-state index in [9.17, 15) is 4.79 Å². The minimum absolute atomic E-state index is 0.211. The van der Waals surface area contributed by atoms with Gasteiger partial charge in [-0.15, -0.1) is 0 Å². The molecule has 0 spiro atoms. The maximum Gasteiger partial charge on any atom is 0.223 e. The Bertz CT molecular complexity index is 192. The van der Waals surface area contributed by atoms with Crippen LogP contribution >= 0.6 is 0 Å². The Morgan fingerprint density at radius 2 is 2.07 bits per heavy atom. The molecule has 1 aliphatic rings. The predicted molar refractivity (Wildman–Crippen MR) is 58.2 cm³/mol. The molecule has 0 unspecified atom stereocenters. The third kappa shape index (κ3) is 2.71. The molecular formula is C11H22N2O. The molecule has 0 bridgehead atoms. The molecule has 0 atom stereocenters. The fourth-order valence-electron chi connectivity index (χ4n) is 1.92. The van der Waals surface area contributed by atoms with E-state index in [2.05, 4.69) is 12.2 Å². The summed E-state index contributed by atoms with van der Waals surface area (Å²) in [5, 5.41) is 3.52. The molecule has 1 rings (SSSR count). The number of hydrogen-bond donors (Lipinski definition) is 1. The van der Waals surface area contributed by atoms with Crippen LogP contribution in [0.25, 0.3) is 0 Å². The van der Waals surface area contributed by atoms with Gasteiger partial charge in [-0.1, -0.05) is 6.92 Å². The lowest BCUT2D eigenvalue weighted by molar-refractivity contribution is -0.128. The Labute approximate surface area is 86.9 Å². The number of rotatable bonds is 5. The Morgan fingerprint density at radius 3 is 2.43 bits per heavy atom. The van der Waals surface area contributed by atoms with Crippen molar-refractivity contribution in [2.75, 3.05) is 20.6 Å². The minimum Gasteiger partial charge on any atom is -0.349 e. The van der Waals surface area contributed by atoms with Crippen molar-refractivity contribution in [1.29, 1.82) is 0 Å². The molecule has 1 saturated carbocycles. The van der Waals surface area contributed by atoms with E-state index in [1.165, 1.54) is 25.7 Å². The first-order chi connectivity index (χ1) is 6.59. The van der Waals surface area contributed by atoms with Crippen LogP contribution in [0, 0.1) is 0 Å². The smallest absolute Gasteiger partial charge is 0.223 e. The van der Waals surface area contributed by atoms with Crippen LogP contribution in [-0.2, 0) is 4.79 Å². The molecule has 14 heavy (non-hydrogen) atoms. The fourth-order valence-corrected chi connectivity index (χ4v) is 1.92. The summed E-state index contributed by atoms with van der Waals surface area (Å²) in [7, 11) is 3.61. The third-order valence-corrected chi connectivity index (χ3v) is 3.33. The summed E-state index contributed by atoms with van der Waals surface area (Å²) >= 11 is 0. The van der Waals surface area contributed by atoms with Crippen LogP contribution < -0.4 is 5.32 Å². The Hall–Kier alpha value is -0.570. The first-order valence-corrected chi connectivity index (χ1v) is 5.55. The van der Waals surface area contributed by atoms with Gasteiger partial charge in [-0.25, -0.2) is 0 Å². The van der Waals surface area contributed by atoms with Gasteiger partial charge in [0.1, 0.15) is 0 Å². The van der Waals surface area contributed by atoms with Crippen molar-refractivity contribution in [3.63, 3.8) is 0 Å². The summed E-state index contributed by atoms with van der Waals surface area (Å²) in [5.74, 6) is 0.211. The number of carbonyl (C=O) groups is 1. The van der Waals surface area contributed by atoms with E-state index >= 15 is 0 Å². The normalized spacial score (nSPS) is 18.8. The Balaban J connectivity index is 2.17. The molecule has 1 aliphatic carbocycles. The first-order valence-electron chi connectivity index (χ1n) is 5.55. The molecule has 0 aromatic carbocycles. The van der Waals surface area contributed by atoms with Crippen molar-refractivity contribution < 1.29 is 4.79 Å². The molecule has 1 N–H and O–H groups in total. The molecule has 0 aliphatic heterocycles. The van der Waals surface area contributed by atoms with E-state index in [0.29, 0.717) is 12.0 Å². The highest BCUT2D eigenvalue weighted by Gasteiger charge is 2.34. The summed E-state index contributed by atoms with van der Waals surface area (Å²) in [6.07, 6.45) is 5.69. The number of carbonyl (C=O) groups excluding carboxylic acids is 1. The minimum atomic E-state index is 0.211. The van der Waals surface area contributed by atoms with E-state index in [1.54, 1.807) is 19.0 Å². The average molecular weight is 198 g/mol. The number of nitrogens with zero attached hydrogens (tertiary/aromatic N) is 1. The zero-order valence-corrected chi connectivity index (χ0v) is 9.60. The van der Waals surface area contributed by atoms with Gasteiger partial charge in [0.05, 0.1) is 0 Å². The van der Waals surface area contributed by atoms with Gasteiger partial charge in [-0.3, -0.25) is 4.79 Å². The van der Waals surface area contributed by atoms with Crippen LogP contribution in [0.4, 0.5) is 0 Å². The average Bonchev–Trinajstić information content (AvgIpc) is 2.09. The van der Waals surface area contributed by atoms with Crippen LogP contribution in [0.2, 0.25) is 0 Å². The summed E-state index contributed by atoms with van der Waals surface area (Å²) in [4.78, 5) is 13.0. The van der Waals surface area contributed by atoms with E-state index in [4.69, 9.17) is 0 Å². The van der Waals surface area contributed by atoms with Gasteiger partial charge >= 0.3 is 0 Å². The lowest BCUT2D eigenvalue weighted by Gasteiger charge is -2.42. The zero-order chi connectivity index (χ0) is 10.6. The maximum absolute atomic E-state index is 11.3. The van der Waals surface area contributed by atoms with Gasteiger partial charge in [0, 0.05) is 32.6 Å². The van der Waals surface area contributed by atoms with Gasteiger partial charge in [-0.2, -0.15) is 0 Å². The number of amides is 1. The molecular weight excluding hydrogens is 176 g/mol. The van der Waals surface area contributed by atoms with Gasteiger partial charge < -0.3 is 10.2 Å². The van der Waals surface area contributed by atoms with Crippen LogP contribution in [0.1, 0.15) is 39.0 Å². The monoisotopic (exact) mass is 198 g/mol. The second-order valence-corrected chi connectivity index (χ2v) is 4.45. The van der Waals surface area contributed by atoms with E-state index in [-0.39, 0.29) is 5.91 Å². The van der Waals surface area contributed by atoms with Crippen LogP contribution in [0.5, 0.6) is 0 Å². The SMILES string of the molecule is CCC1(NCCC(=O)N(C)C)CCC1. The first kappa shape index (κ1) is 11.5. The highest BCUT2D eigenvalue weighted by Crippen LogP contribution is 2.34. The summed E-state index contributed by atoms with van der Waals surface area (Å²) in [6.45, 7) is 3.05. The van der Waals surface area contributed by atoms with Crippen molar-refractivity contribution in [3.05, 3.63) is 0 Å². The molecule has 0 heterocycles. The van der Waals surface area contributed by atoms with Crippen molar-refractivity contribution in [1.82, 2.24) is 10.2 Å². The van der Waals surface area contributed by atoms with Gasteiger partial charge in [0.2, 0.25) is 5.91 Å². The molecule has 1 amide bonds. The largest absolute Gasteiger partial charge is 0.349 e. The lowest BCUT2D eigenvalue weighted by atomic mass is 9.75. The molecule has 0 aromatic rings. The van der Waals surface area contributed by atoms with Crippen molar-refractivity contribution in [2.24, 2.45) is 0 Å². The quantitative estimate of drug-likeness (QED) is 0.724. The zero-order valence-electron chi connectivity index (χ0n) is 9.60.